The highest BCUT2D eigenvalue weighted by molar-refractivity contribution is 6.32. The molecule has 2 aromatic heterocycles. The minimum atomic E-state index is -0.571. The molecule has 7 nitrogen and oxygen atoms in total. The van der Waals surface area contributed by atoms with Gasteiger partial charge >= 0.3 is 5.97 Å². The molecule has 1 N–H and O–H groups in total. The van der Waals surface area contributed by atoms with Crippen LogP contribution < -0.4 is 11.0 Å². The Bertz CT molecular complexity index is 716. The fraction of sp³-hybridized carbons (Fsp3) is 0.308. The van der Waals surface area contributed by atoms with Crippen LogP contribution in [0.3, 0.4) is 0 Å². The van der Waals surface area contributed by atoms with Gasteiger partial charge in [-0.2, -0.15) is 5.10 Å². The highest BCUT2D eigenvalue weighted by Crippen LogP contribution is 2.17. The number of carbonyl (C=O) groups excluding carboxylic acids is 1. The largest absolute Gasteiger partial charge is 0.468 e. The molecular weight excluding hydrogens is 296 g/mol. The second-order valence-corrected chi connectivity index (χ2v) is 4.85. The molecule has 0 radical (unpaired) electrons. The lowest BCUT2D eigenvalue weighted by molar-refractivity contribution is -0.141. The molecule has 0 unspecified atom stereocenters. The molecule has 112 valence electrons. The number of anilines is 1. The van der Waals surface area contributed by atoms with Gasteiger partial charge in [0.2, 0.25) is 0 Å². The Balaban J connectivity index is 2.33. The third kappa shape index (κ3) is 3.08. The number of halogens is 1. The summed E-state index contributed by atoms with van der Waals surface area (Å²) in [6.45, 7) is 3.55. The van der Waals surface area contributed by atoms with E-state index in [0.29, 0.717) is 5.69 Å². The number of methoxy groups -OCH3 is 1. The minimum Gasteiger partial charge on any atom is -0.468 e. The predicted octanol–water partition coefficient (Wildman–Crippen LogP) is 1.36. The van der Waals surface area contributed by atoms with Crippen LogP contribution in [0.1, 0.15) is 11.4 Å². The number of nitrogens with zero attached hydrogens (tertiary/aromatic N) is 3. The van der Waals surface area contributed by atoms with Crippen molar-refractivity contribution in [1.82, 2.24) is 14.5 Å². The molecule has 8 heteroatoms. The van der Waals surface area contributed by atoms with Crippen molar-refractivity contribution in [1.29, 1.82) is 0 Å². The first-order valence-electron chi connectivity index (χ1n) is 6.18. The number of hydrogen-bond acceptors (Lipinski definition) is 5. The fourth-order valence-corrected chi connectivity index (χ4v) is 2.00. The summed E-state index contributed by atoms with van der Waals surface area (Å²) in [6.07, 6.45) is 1.39. The maximum atomic E-state index is 12.1. The third-order valence-corrected chi connectivity index (χ3v) is 3.36. The van der Waals surface area contributed by atoms with Gasteiger partial charge in [-0.15, -0.1) is 0 Å². The summed E-state index contributed by atoms with van der Waals surface area (Å²) in [5, 5.41) is 3.87. The van der Waals surface area contributed by atoms with Gasteiger partial charge in [0.1, 0.15) is 11.6 Å². The number of nitrogens with one attached hydrogen (secondary N) is 1. The summed E-state index contributed by atoms with van der Waals surface area (Å²) in [5.74, 6) is -0.571. The van der Waals surface area contributed by atoms with Crippen LogP contribution in [-0.4, -0.2) is 27.5 Å². The SMILES string of the molecule is COC(=O)Cn1ncc(Nn2c(C)ccc2C)c(Cl)c1=O. The van der Waals surface area contributed by atoms with Gasteiger partial charge in [-0.1, -0.05) is 11.6 Å². The van der Waals surface area contributed by atoms with E-state index in [2.05, 4.69) is 15.3 Å². The standard InChI is InChI=1S/C13H15ClN4O3/c1-8-4-5-9(2)18(8)16-10-6-15-17(7-11(19)21-3)13(20)12(10)14/h4-6,16H,7H2,1-3H3. The van der Waals surface area contributed by atoms with Gasteiger partial charge in [-0.25, -0.2) is 4.68 Å². The number of esters is 1. The van der Waals surface area contributed by atoms with Crippen molar-refractivity contribution in [3.63, 3.8) is 0 Å². The predicted molar refractivity (Wildman–Crippen MR) is 78.4 cm³/mol. The summed E-state index contributed by atoms with van der Waals surface area (Å²) >= 11 is 6.05. The van der Waals surface area contributed by atoms with Crippen LogP contribution in [0.15, 0.2) is 23.1 Å². The van der Waals surface area contributed by atoms with Gasteiger partial charge in [0, 0.05) is 11.4 Å². The van der Waals surface area contributed by atoms with E-state index >= 15 is 0 Å². The highest BCUT2D eigenvalue weighted by atomic mass is 35.5. The third-order valence-electron chi connectivity index (χ3n) is 2.99. The first-order valence-corrected chi connectivity index (χ1v) is 6.56. The molecule has 0 bridgehead atoms. The molecule has 0 atom stereocenters. The van der Waals surface area contributed by atoms with Crippen molar-refractivity contribution in [3.8, 4) is 0 Å². The topological polar surface area (TPSA) is 78.2 Å². The summed E-state index contributed by atoms with van der Waals surface area (Å²) in [4.78, 5) is 23.2. The Morgan fingerprint density at radius 1 is 1.38 bits per heavy atom. The number of aromatic nitrogens is 3. The Morgan fingerprint density at radius 3 is 2.57 bits per heavy atom. The Kier molecular flexibility index (Phi) is 4.32. The van der Waals surface area contributed by atoms with E-state index in [1.807, 2.05) is 26.0 Å². The van der Waals surface area contributed by atoms with E-state index in [4.69, 9.17) is 11.6 Å². The normalized spacial score (nSPS) is 10.5. The van der Waals surface area contributed by atoms with Crippen molar-refractivity contribution < 1.29 is 9.53 Å². The molecule has 0 amide bonds. The van der Waals surface area contributed by atoms with Crippen molar-refractivity contribution in [2.24, 2.45) is 0 Å². The zero-order chi connectivity index (χ0) is 15.6. The molecule has 0 aromatic carbocycles. The van der Waals surface area contributed by atoms with Crippen LogP contribution in [-0.2, 0) is 16.1 Å². The van der Waals surface area contributed by atoms with Crippen LogP contribution in [0.4, 0.5) is 5.69 Å². The van der Waals surface area contributed by atoms with Crippen LogP contribution in [0.25, 0.3) is 0 Å². The molecule has 2 heterocycles. The highest BCUT2D eigenvalue weighted by Gasteiger charge is 2.13. The van der Waals surface area contributed by atoms with Gasteiger partial charge < -0.3 is 4.74 Å². The van der Waals surface area contributed by atoms with Crippen molar-refractivity contribution in [3.05, 3.63) is 45.1 Å². The van der Waals surface area contributed by atoms with E-state index in [1.54, 1.807) is 4.68 Å². The number of rotatable bonds is 4. The second-order valence-electron chi connectivity index (χ2n) is 4.47. The molecule has 0 saturated carbocycles. The lowest BCUT2D eigenvalue weighted by Crippen LogP contribution is -2.28. The number of hydrogen-bond donors (Lipinski definition) is 1. The molecular formula is C13H15ClN4O3. The zero-order valence-corrected chi connectivity index (χ0v) is 12.6. The van der Waals surface area contributed by atoms with E-state index in [-0.39, 0.29) is 11.6 Å². The monoisotopic (exact) mass is 310 g/mol. The van der Waals surface area contributed by atoms with E-state index < -0.39 is 11.5 Å². The Hall–Kier alpha value is -2.28. The maximum absolute atomic E-state index is 12.1. The van der Waals surface area contributed by atoms with Crippen molar-refractivity contribution in [2.45, 2.75) is 20.4 Å². The quantitative estimate of drug-likeness (QED) is 0.863. The minimum absolute atomic E-state index is 0.0404. The van der Waals surface area contributed by atoms with Gasteiger partial charge in [0.15, 0.2) is 0 Å². The maximum Gasteiger partial charge on any atom is 0.327 e. The molecule has 0 fully saturated rings. The first-order chi connectivity index (χ1) is 9.93. The zero-order valence-electron chi connectivity index (χ0n) is 11.9. The molecule has 0 aliphatic rings. The van der Waals surface area contributed by atoms with Gasteiger partial charge in [0.05, 0.1) is 19.0 Å². The Labute approximate surface area is 126 Å². The molecule has 0 aliphatic carbocycles. The van der Waals surface area contributed by atoms with Gasteiger partial charge in [0.25, 0.3) is 5.56 Å². The first kappa shape index (κ1) is 15.1. The van der Waals surface area contributed by atoms with E-state index in [9.17, 15) is 9.59 Å². The second kappa shape index (κ2) is 6.01. The van der Waals surface area contributed by atoms with E-state index in [0.717, 1.165) is 16.1 Å². The van der Waals surface area contributed by atoms with Gasteiger partial charge in [-0.3, -0.25) is 19.7 Å². The van der Waals surface area contributed by atoms with Crippen molar-refractivity contribution >= 4 is 23.3 Å². The smallest absolute Gasteiger partial charge is 0.327 e. The Morgan fingerprint density at radius 2 is 2.00 bits per heavy atom. The number of ether oxygens (including phenoxy) is 1. The summed E-state index contributed by atoms with van der Waals surface area (Å²) in [6, 6.07) is 3.87. The lowest BCUT2D eigenvalue weighted by atomic mass is 10.4. The molecule has 21 heavy (non-hydrogen) atoms. The summed E-state index contributed by atoms with van der Waals surface area (Å²) in [7, 11) is 1.24. The van der Waals surface area contributed by atoms with Crippen molar-refractivity contribution in [2.75, 3.05) is 12.5 Å². The number of carbonyl (C=O) groups is 1. The molecule has 2 rings (SSSR count). The fourth-order valence-electron chi connectivity index (χ4n) is 1.81. The average Bonchev–Trinajstić information content (AvgIpc) is 2.78. The van der Waals surface area contributed by atoms with Crippen LogP contribution >= 0.6 is 11.6 Å². The van der Waals surface area contributed by atoms with Gasteiger partial charge in [-0.05, 0) is 26.0 Å². The molecule has 0 aliphatic heterocycles. The summed E-state index contributed by atoms with van der Waals surface area (Å²) < 4.78 is 7.23. The van der Waals surface area contributed by atoms with E-state index in [1.165, 1.54) is 13.3 Å². The van der Waals surface area contributed by atoms with Crippen LogP contribution in [0, 0.1) is 13.8 Å². The van der Waals surface area contributed by atoms with Crippen LogP contribution in [0.2, 0.25) is 5.02 Å². The van der Waals surface area contributed by atoms with Crippen LogP contribution in [0.5, 0.6) is 0 Å². The molecule has 2 aromatic rings. The summed E-state index contributed by atoms with van der Waals surface area (Å²) in [5.41, 5.74) is 4.74. The number of aryl methyl sites for hydroxylation is 2. The molecule has 0 spiro atoms. The molecule has 0 saturated heterocycles. The average molecular weight is 311 g/mol. The lowest BCUT2D eigenvalue weighted by Gasteiger charge is -2.14.